The van der Waals surface area contributed by atoms with E-state index in [-0.39, 0.29) is 0 Å². The number of fused-ring (bicyclic) bond motifs is 2. The molecular formula is C22H20ClN3O5S2. The largest absolute Gasteiger partial charge is 0.338 e. The van der Waals surface area contributed by atoms with Crippen LogP contribution in [-0.4, -0.2) is 14.1 Å². The predicted molar refractivity (Wildman–Crippen MR) is 117 cm³/mol. The summed E-state index contributed by atoms with van der Waals surface area (Å²) in [6, 6.07) is 19.0. The fourth-order valence-corrected chi connectivity index (χ4v) is 5.60. The van der Waals surface area contributed by atoms with E-state index in [1.54, 1.807) is 23.5 Å². The van der Waals surface area contributed by atoms with Crippen LogP contribution in [0.15, 0.2) is 79.0 Å². The Hall–Kier alpha value is -2.44. The zero-order valence-electron chi connectivity index (χ0n) is 17.9. The highest BCUT2D eigenvalue weighted by molar-refractivity contribution is 8.04. The average molecular weight is 506 g/mol. The van der Waals surface area contributed by atoms with Crippen molar-refractivity contribution in [3.8, 4) is 0 Å². The van der Waals surface area contributed by atoms with Gasteiger partial charge in [-0.25, -0.2) is 23.2 Å². The zero-order valence-corrected chi connectivity index (χ0v) is 20.3. The number of thioether (sulfide) groups is 2. The van der Waals surface area contributed by atoms with Gasteiger partial charge in [0, 0.05) is 36.0 Å². The Bertz CT molecular complexity index is 1230. The normalized spacial score (nSPS) is 17.3. The summed E-state index contributed by atoms with van der Waals surface area (Å²) in [5.41, 5.74) is 3.52. The fourth-order valence-electron chi connectivity index (χ4n) is 3.42. The summed E-state index contributed by atoms with van der Waals surface area (Å²) >= 11 is 3.56. The lowest BCUT2D eigenvalue weighted by atomic mass is 10.3. The van der Waals surface area contributed by atoms with Gasteiger partial charge in [0.2, 0.25) is 5.76 Å². The second-order valence-corrected chi connectivity index (χ2v) is 10.0. The first-order valence-electron chi connectivity index (χ1n) is 9.67. The van der Waals surface area contributed by atoms with Crippen LogP contribution in [0, 0.1) is 10.2 Å². The van der Waals surface area contributed by atoms with Gasteiger partial charge in [-0.3, -0.25) is 0 Å². The maximum absolute atomic E-state index is 8.49. The van der Waals surface area contributed by atoms with E-state index in [9.17, 15) is 0 Å². The molecule has 0 radical (unpaired) electrons. The Morgan fingerprint density at radius 3 is 1.76 bits per heavy atom. The van der Waals surface area contributed by atoms with Gasteiger partial charge in [0.1, 0.15) is 0 Å². The van der Waals surface area contributed by atoms with Crippen LogP contribution >= 0.6 is 23.5 Å². The summed E-state index contributed by atoms with van der Waals surface area (Å²) in [4.78, 5) is 6.99. The summed E-state index contributed by atoms with van der Waals surface area (Å²) < 4.78 is 41.8. The SMILES string of the molecule is CN1/C(=C/c2cc(/C=C3\Sc4ccccc4N3C)[n+](C)o2)Sc2ccccc21.[O-][Cl+3]([O-])([O-])[O-]. The second-order valence-electron chi connectivity index (χ2n) is 7.16. The minimum Gasteiger partial charge on any atom is -0.338 e. The molecule has 0 aliphatic carbocycles. The van der Waals surface area contributed by atoms with E-state index < -0.39 is 10.2 Å². The zero-order chi connectivity index (χ0) is 23.8. The van der Waals surface area contributed by atoms with Crippen LogP contribution in [-0.2, 0) is 7.05 Å². The number of benzene rings is 2. The van der Waals surface area contributed by atoms with E-state index in [0.717, 1.165) is 16.5 Å². The fraction of sp³-hybridized carbons (Fsp3) is 0.136. The number of nitrogens with zero attached hydrogens (tertiary/aromatic N) is 3. The smallest absolute Gasteiger partial charge is 0.257 e. The van der Waals surface area contributed by atoms with Crippen molar-refractivity contribution in [3.05, 3.63) is 76.1 Å². The highest BCUT2D eigenvalue weighted by Crippen LogP contribution is 2.46. The molecule has 2 aliphatic heterocycles. The minimum atomic E-state index is -4.94. The van der Waals surface area contributed by atoms with Crippen LogP contribution in [0.4, 0.5) is 11.4 Å². The molecule has 2 aliphatic rings. The van der Waals surface area contributed by atoms with Crippen LogP contribution in [0.1, 0.15) is 11.5 Å². The third-order valence-electron chi connectivity index (χ3n) is 4.98. The van der Waals surface area contributed by atoms with Crippen LogP contribution in [0.25, 0.3) is 12.2 Å². The molecule has 1 aromatic heterocycles. The Labute approximate surface area is 201 Å². The number of para-hydroxylation sites is 2. The third kappa shape index (κ3) is 5.56. The van der Waals surface area contributed by atoms with E-state index in [4.69, 9.17) is 23.2 Å². The summed E-state index contributed by atoms with van der Waals surface area (Å²) in [6.07, 6.45) is 4.28. The number of anilines is 2. The van der Waals surface area contributed by atoms with Crippen LogP contribution in [0.3, 0.4) is 0 Å². The monoisotopic (exact) mass is 505 g/mol. The van der Waals surface area contributed by atoms with E-state index in [0.29, 0.717) is 0 Å². The van der Waals surface area contributed by atoms with E-state index >= 15 is 0 Å². The first-order chi connectivity index (χ1) is 15.6. The van der Waals surface area contributed by atoms with Gasteiger partial charge in [-0.05, 0) is 29.0 Å². The summed E-state index contributed by atoms with van der Waals surface area (Å²) in [6.45, 7) is 0. The summed E-state index contributed by atoms with van der Waals surface area (Å²) in [5, 5.41) is 2.35. The molecule has 0 bridgehead atoms. The van der Waals surface area contributed by atoms with Crippen molar-refractivity contribution in [2.24, 2.45) is 7.05 Å². The van der Waals surface area contributed by atoms with Gasteiger partial charge in [-0.15, -0.1) is 10.2 Å². The van der Waals surface area contributed by atoms with Gasteiger partial charge >= 0.3 is 0 Å². The van der Waals surface area contributed by atoms with Crippen molar-refractivity contribution in [3.63, 3.8) is 0 Å². The van der Waals surface area contributed by atoms with Gasteiger partial charge in [0.15, 0.2) is 7.05 Å². The lowest BCUT2D eigenvalue weighted by Crippen LogP contribution is -2.68. The molecule has 0 amide bonds. The molecular weight excluding hydrogens is 486 g/mol. The van der Waals surface area contributed by atoms with Gasteiger partial charge in [-0.2, -0.15) is 0 Å². The number of rotatable bonds is 2. The molecule has 2 aromatic carbocycles. The minimum absolute atomic E-state index is 0.847. The second kappa shape index (κ2) is 9.43. The van der Waals surface area contributed by atoms with Crippen molar-refractivity contribution >= 4 is 47.1 Å². The van der Waals surface area contributed by atoms with E-state index in [1.807, 2.05) is 11.8 Å². The number of aryl methyl sites for hydroxylation is 1. The topological polar surface area (TPSA) is 116 Å². The van der Waals surface area contributed by atoms with Gasteiger partial charge < -0.3 is 9.80 Å². The molecule has 0 atom stereocenters. The van der Waals surface area contributed by atoms with Crippen LogP contribution in [0.2, 0.25) is 0 Å². The van der Waals surface area contributed by atoms with E-state index in [2.05, 4.69) is 90.6 Å². The average Bonchev–Trinajstić information content (AvgIpc) is 3.36. The predicted octanol–water partition coefficient (Wildman–Crippen LogP) is 0.429. The molecule has 0 fully saturated rings. The van der Waals surface area contributed by atoms with Gasteiger partial charge in [-0.1, -0.05) is 47.8 Å². The van der Waals surface area contributed by atoms with Crippen molar-refractivity contribution in [2.75, 3.05) is 23.9 Å². The molecule has 3 heterocycles. The number of aromatic nitrogens is 1. The number of halogens is 1. The Morgan fingerprint density at radius 2 is 1.27 bits per heavy atom. The van der Waals surface area contributed by atoms with Gasteiger partial charge in [0.05, 0.1) is 27.5 Å². The molecule has 0 spiro atoms. The molecule has 3 aromatic rings. The Kier molecular flexibility index (Phi) is 6.78. The Morgan fingerprint density at radius 1 is 0.818 bits per heavy atom. The van der Waals surface area contributed by atoms with Crippen molar-refractivity contribution in [1.29, 1.82) is 0 Å². The van der Waals surface area contributed by atoms with Crippen LogP contribution < -0.4 is 33.2 Å². The number of hydrogen-bond acceptors (Lipinski definition) is 9. The number of hydrogen-bond donors (Lipinski definition) is 0. The first kappa shape index (κ1) is 23.7. The molecule has 8 nitrogen and oxygen atoms in total. The Balaban J connectivity index is 0.000000471. The maximum Gasteiger partial charge on any atom is 0.257 e. The van der Waals surface area contributed by atoms with Crippen LogP contribution in [0.5, 0.6) is 0 Å². The molecule has 0 unspecified atom stereocenters. The highest BCUT2D eigenvalue weighted by atomic mass is 35.7. The lowest BCUT2D eigenvalue weighted by Gasteiger charge is -2.17. The highest BCUT2D eigenvalue weighted by Gasteiger charge is 2.25. The van der Waals surface area contributed by atoms with Gasteiger partial charge in [0.25, 0.3) is 5.69 Å². The lowest BCUT2D eigenvalue weighted by molar-refractivity contribution is -2.00. The summed E-state index contributed by atoms with van der Waals surface area (Å²) in [7, 11) is 1.20. The standard InChI is InChI=1S/C22H20N3OS2.ClHO4/c1-23-17-8-4-6-10-19(17)27-21(23)13-15-12-16(26-25(15)3)14-22-24(2)18-9-5-7-11-20(18)28-22;2-1(3,4)5/h4-14H,1-3H3;(H,2,3,4,5)/q+1;/p-1. The maximum atomic E-state index is 8.49. The molecule has 172 valence electrons. The first-order valence-corrected chi connectivity index (χ1v) is 12.5. The molecule has 11 heteroatoms. The van der Waals surface area contributed by atoms with Crippen molar-refractivity contribution in [1.82, 2.24) is 0 Å². The molecule has 5 rings (SSSR count). The summed E-state index contributed by atoms with van der Waals surface area (Å²) in [5.74, 6) is 0.847. The van der Waals surface area contributed by atoms with E-state index in [1.165, 1.54) is 26.2 Å². The van der Waals surface area contributed by atoms with Crippen molar-refractivity contribution < 1.29 is 38.1 Å². The molecule has 0 saturated heterocycles. The molecule has 0 saturated carbocycles. The molecule has 33 heavy (non-hydrogen) atoms. The van der Waals surface area contributed by atoms with Crippen molar-refractivity contribution in [2.45, 2.75) is 9.79 Å². The molecule has 0 N–H and O–H groups in total. The third-order valence-corrected chi connectivity index (χ3v) is 7.31. The quantitative estimate of drug-likeness (QED) is 0.457.